The smallest absolute Gasteiger partial charge is 0.266 e. The molecule has 2 heterocycles. The number of benzene rings is 2. The Labute approximate surface area is 194 Å². The van der Waals surface area contributed by atoms with Crippen LogP contribution >= 0.6 is 35.6 Å². The predicted octanol–water partition coefficient (Wildman–Crippen LogP) is 4.77. The van der Waals surface area contributed by atoms with Gasteiger partial charge in [-0.25, -0.2) is 0 Å². The molecule has 2 aromatic carbocycles. The second-order valence-corrected chi connectivity index (χ2v) is 9.29. The van der Waals surface area contributed by atoms with Crippen LogP contribution in [-0.4, -0.2) is 38.6 Å². The number of nitrogens with zero attached hydrogens (tertiary/aromatic N) is 1. The minimum absolute atomic E-state index is 0.233. The number of fused-ring (bicyclic) bond motifs is 1. The number of aromatic amines is 1. The van der Waals surface area contributed by atoms with E-state index in [1.54, 1.807) is 25.1 Å². The molecule has 3 aromatic rings. The molecule has 1 saturated heterocycles. The van der Waals surface area contributed by atoms with E-state index in [9.17, 15) is 9.59 Å². The average molecular weight is 470 g/mol. The first kappa shape index (κ1) is 21.6. The van der Waals surface area contributed by atoms with Crippen molar-refractivity contribution in [2.45, 2.75) is 19.4 Å². The second-order valence-electron chi connectivity index (χ2n) is 7.18. The lowest BCUT2D eigenvalue weighted by Crippen LogP contribution is -2.47. The van der Waals surface area contributed by atoms with Gasteiger partial charge in [0.05, 0.1) is 4.91 Å². The van der Waals surface area contributed by atoms with E-state index in [0.717, 1.165) is 22.0 Å². The molecule has 1 aliphatic rings. The number of hydrogen-bond donors (Lipinski definition) is 2. The van der Waals surface area contributed by atoms with E-state index >= 15 is 0 Å². The molecular weight excluding hydrogens is 450 g/mol. The van der Waals surface area contributed by atoms with Gasteiger partial charge in [0.25, 0.3) is 5.91 Å². The molecule has 2 amide bonds. The zero-order valence-electron chi connectivity index (χ0n) is 16.7. The fraction of sp³-hybridized carbons (Fsp3) is 0.174. The van der Waals surface area contributed by atoms with Crippen molar-refractivity contribution in [3.05, 3.63) is 75.8 Å². The molecule has 5 nitrogen and oxygen atoms in total. The summed E-state index contributed by atoms with van der Waals surface area (Å²) in [5, 5.41) is 4.70. The van der Waals surface area contributed by atoms with Crippen LogP contribution in [-0.2, 0) is 16.0 Å². The molecule has 0 spiro atoms. The molecule has 0 aliphatic carbocycles. The third-order valence-electron chi connectivity index (χ3n) is 5.13. The maximum Gasteiger partial charge on any atom is 0.266 e. The van der Waals surface area contributed by atoms with Crippen molar-refractivity contribution in [1.29, 1.82) is 0 Å². The minimum Gasteiger partial charge on any atom is -0.361 e. The SMILES string of the molecule is C[C@H](C(=O)NCCc1c[nH]c2ccccc12)N1C(=O)/C(=C/c2ccc(Cl)cc2)SC1=S. The van der Waals surface area contributed by atoms with Crippen molar-refractivity contribution in [2.24, 2.45) is 0 Å². The molecular formula is C23H20ClN3O2S2. The van der Waals surface area contributed by atoms with E-state index in [0.29, 0.717) is 27.2 Å². The Bertz CT molecular complexity index is 1190. The lowest BCUT2D eigenvalue weighted by molar-refractivity contribution is -0.132. The lowest BCUT2D eigenvalue weighted by atomic mass is 10.1. The standard InChI is InChI=1S/C23H20ClN3O2S2/c1-14(21(28)25-11-10-16-13-26-19-5-3-2-4-18(16)19)27-22(29)20(31-23(27)30)12-15-6-8-17(24)9-7-15/h2-9,12-14,26H,10-11H2,1H3,(H,25,28)/b20-12-/t14-/m1/s1. The van der Waals surface area contributed by atoms with Crippen LogP contribution in [0, 0.1) is 0 Å². The van der Waals surface area contributed by atoms with Crippen LogP contribution in [0.1, 0.15) is 18.1 Å². The summed E-state index contributed by atoms with van der Waals surface area (Å²) < 4.78 is 0.379. The van der Waals surface area contributed by atoms with Gasteiger partial charge in [0.1, 0.15) is 10.4 Å². The fourth-order valence-electron chi connectivity index (χ4n) is 3.45. The number of carbonyl (C=O) groups excluding carboxylic acids is 2. The molecule has 0 saturated carbocycles. The van der Waals surface area contributed by atoms with Crippen molar-refractivity contribution in [1.82, 2.24) is 15.2 Å². The van der Waals surface area contributed by atoms with Crippen molar-refractivity contribution in [3.63, 3.8) is 0 Å². The van der Waals surface area contributed by atoms with Crippen LogP contribution in [0.3, 0.4) is 0 Å². The minimum atomic E-state index is -0.688. The Kier molecular flexibility index (Phi) is 6.46. The number of rotatable bonds is 6. The normalized spacial score (nSPS) is 16.3. The number of carbonyl (C=O) groups is 2. The van der Waals surface area contributed by atoms with Gasteiger partial charge >= 0.3 is 0 Å². The van der Waals surface area contributed by atoms with Crippen molar-refractivity contribution in [3.8, 4) is 0 Å². The largest absolute Gasteiger partial charge is 0.361 e. The van der Waals surface area contributed by atoms with E-state index in [-0.39, 0.29) is 11.8 Å². The summed E-state index contributed by atoms with van der Waals surface area (Å²) >= 11 is 12.5. The van der Waals surface area contributed by atoms with Crippen molar-refractivity contribution in [2.75, 3.05) is 6.54 Å². The van der Waals surface area contributed by atoms with Gasteiger partial charge < -0.3 is 10.3 Å². The quantitative estimate of drug-likeness (QED) is 0.403. The first-order valence-corrected chi connectivity index (χ1v) is 11.4. The molecule has 0 bridgehead atoms. The van der Waals surface area contributed by atoms with Gasteiger partial charge in [-0.15, -0.1) is 0 Å². The number of amides is 2. The molecule has 8 heteroatoms. The van der Waals surface area contributed by atoms with Crippen LogP contribution in [0.25, 0.3) is 17.0 Å². The van der Waals surface area contributed by atoms with Gasteiger partial charge in [-0.1, -0.05) is 65.9 Å². The second kappa shape index (κ2) is 9.26. The first-order valence-electron chi connectivity index (χ1n) is 9.79. The maximum absolute atomic E-state index is 12.9. The average Bonchev–Trinajstić information content (AvgIpc) is 3.29. The Morgan fingerprint density at radius 2 is 2.00 bits per heavy atom. The van der Waals surface area contributed by atoms with Crippen LogP contribution in [0.5, 0.6) is 0 Å². The zero-order chi connectivity index (χ0) is 22.0. The Balaban J connectivity index is 1.38. The third-order valence-corrected chi connectivity index (χ3v) is 6.71. The molecule has 31 heavy (non-hydrogen) atoms. The number of thioether (sulfide) groups is 1. The summed E-state index contributed by atoms with van der Waals surface area (Å²) in [6.07, 6.45) is 4.42. The third kappa shape index (κ3) is 4.69. The van der Waals surface area contributed by atoms with E-state index < -0.39 is 6.04 Å². The fourth-order valence-corrected chi connectivity index (χ4v) is 4.99. The zero-order valence-corrected chi connectivity index (χ0v) is 19.1. The van der Waals surface area contributed by atoms with Crippen molar-refractivity contribution < 1.29 is 9.59 Å². The molecule has 2 N–H and O–H groups in total. The monoisotopic (exact) mass is 469 g/mol. The molecule has 0 unspecified atom stereocenters. The van der Waals surface area contributed by atoms with Gasteiger partial charge in [0.15, 0.2) is 0 Å². The molecule has 4 rings (SSSR count). The Hall–Kier alpha value is -2.61. The number of para-hydroxylation sites is 1. The van der Waals surface area contributed by atoms with Gasteiger partial charge in [0.2, 0.25) is 5.91 Å². The Morgan fingerprint density at radius 3 is 2.77 bits per heavy atom. The summed E-state index contributed by atoms with van der Waals surface area (Å²) in [5.74, 6) is -0.492. The van der Waals surface area contributed by atoms with Gasteiger partial charge in [0, 0.05) is 28.7 Å². The summed E-state index contributed by atoms with van der Waals surface area (Å²) in [6, 6.07) is 14.5. The molecule has 1 atom stereocenters. The highest BCUT2D eigenvalue weighted by Gasteiger charge is 2.38. The Morgan fingerprint density at radius 1 is 1.26 bits per heavy atom. The number of halogens is 1. The number of thiocarbonyl (C=S) groups is 1. The van der Waals surface area contributed by atoms with E-state index in [4.69, 9.17) is 23.8 Å². The summed E-state index contributed by atoms with van der Waals surface area (Å²) in [4.78, 5) is 30.7. The number of aromatic nitrogens is 1. The van der Waals surface area contributed by atoms with Gasteiger partial charge in [-0.05, 0) is 48.7 Å². The molecule has 1 fully saturated rings. The maximum atomic E-state index is 12.9. The molecule has 1 aromatic heterocycles. The summed E-state index contributed by atoms with van der Waals surface area (Å²) in [5.41, 5.74) is 3.06. The van der Waals surface area contributed by atoms with Gasteiger partial charge in [-0.2, -0.15) is 0 Å². The highest BCUT2D eigenvalue weighted by Crippen LogP contribution is 2.34. The number of hydrogen-bond acceptors (Lipinski definition) is 4. The van der Waals surface area contributed by atoms with Crippen molar-refractivity contribution >= 4 is 68.7 Å². The van der Waals surface area contributed by atoms with Crippen LogP contribution in [0.4, 0.5) is 0 Å². The van der Waals surface area contributed by atoms with E-state index in [1.165, 1.54) is 16.7 Å². The topological polar surface area (TPSA) is 65.2 Å². The number of nitrogens with one attached hydrogen (secondary N) is 2. The van der Waals surface area contributed by atoms with E-state index in [2.05, 4.69) is 16.4 Å². The van der Waals surface area contributed by atoms with Crippen LogP contribution < -0.4 is 5.32 Å². The van der Waals surface area contributed by atoms with Crippen LogP contribution in [0.2, 0.25) is 5.02 Å². The summed E-state index contributed by atoms with van der Waals surface area (Å²) in [6.45, 7) is 2.16. The van der Waals surface area contributed by atoms with Gasteiger partial charge in [-0.3, -0.25) is 14.5 Å². The first-order chi connectivity index (χ1) is 14.9. The van der Waals surface area contributed by atoms with E-state index in [1.807, 2.05) is 36.5 Å². The predicted molar refractivity (Wildman–Crippen MR) is 131 cm³/mol. The lowest BCUT2D eigenvalue weighted by Gasteiger charge is -2.22. The highest BCUT2D eigenvalue weighted by atomic mass is 35.5. The summed E-state index contributed by atoms with van der Waals surface area (Å²) in [7, 11) is 0. The molecule has 0 radical (unpaired) electrons. The molecule has 158 valence electrons. The number of H-pyrrole nitrogens is 1. The highest BCUT2D eigenvalue weighted by molar-refractivity contribution is 8.26. The van der Waals surface area contributed by atoms with Crippen LogP contribution in [0.15, 0.2) is 59.6 Å². The molecule has 1 aliphatic heterocycles.